The van der Waals surface area contributed by atoms with E-state index in [0.717, 1.165) is 42.3 Å². The number of anilines is 1. The summed E-state index contributed by atoms with van der Waals surface area (Å²) >= 11 is 1.60. The number of nitrogens with one attached hydrogen (secondary N) is 1. The fourth-order valence-corrected chi connectivity index (χ4v) is 5.14. The molecule has 154 valence electrons. The highest BCUT2D eigenvalue weighted by Crippen LogP contribution is 2.28. The van der Waals surface area contributed by atoms with Crippen molar-refractivity contribution in [1.29, 1.82) is 0 Å². The molecule has 5 rings (SSSR count). The lowest BCUT2D eigenvalue weighted by Gasteiger charge is -2.09. The van der Waals surface area contributed by atoms with Crippen molar-refractivity contribution < 1.29 is 4.79 Å². The third-order valence-corrected chi connectivity index (χ3v) is 6.97. The second kappa shape index (κ2) is 8.64. The number of hydrogen-bond acceptors (Lipinski definition) is 4. The number of aromatic nitrogens is 3. The Labute approximate surface area is 181 Å². The summed E-state index contributed by atoms with van der Waals surface area (Å²) in [5.74, 6) is 2.45. The highest BCUT2D eigenvalue weighted by atomic mass is 32.2. The average Bonchev–Trinajstić information content (AvgIpc) is 3.33. The van der Waals surface area contributed by atoms with E-state index in [-0.39, 0.29) is 5.91 Å². The first-order valence-corrected chi connectivity index (χ1v) is 11.8. The number of carbonyl (C=O) groups is 1. The van der Waals surface area contributed by atoms with E-state index in [1.54, 1.807) is 11.8 Å². The fraction of sp³-hybridized carbons (Fsp3) is 0.375. The van der Waals surface area contributed by atoms with Gasteiger partial charge >= 0.3 is 0 Å². The van der Waals surface area contributed by atoms with Gasteiger partial charge < -0.3 is 9.88 Å². The zero-order valence-electron chi connectivity index (χ0n) is 17.1. The van der Waals surface area contributed by atoms with Crippen LogP contribution in [0.3, 0.4) is 0 Å². The molecule has 0 unspecified atom stereocenters. The number of aryl methyl sites for hydroxylation is 3. The predicted octanol–water partition coefficient (Wildman–Crippen LogP) is 4.89. The van der Waals surface area contributed by atoms with Gasteiger partial charge in [0.1, 0.15) is 5.82 Å². The average molecular weight is 419 g/mol. The Morgan fingerprint density at radius 3 is 2.70 bits per heavy atom. The minimum Gasteiger partial charge on any atom is -0.325 e. The molecule has 2 heterocycles. The molecule has 2 aliphatic rings. The van der Waals surface area contributed by atoms with Crippen LogP contribution < -0.4 is 5.32 Å². The van der Waals surface area contributed by atoms with Crippen molar-refractivity contribution in [3.8, 4) is 11.4 Å². The smallest absolute Gasteiger partial charge is 0.234 e. The van der Waals surface area contributed by atoms with E-state index in [2.05, 4.69) is 38.3 Å². The second-order valence-corrected chi connectivity index (χ2v) is 9.15. The number of benzene rings is 2. The summed E-state index contributed by atoms with van der Waals surface area (Å²) in [4.78, 5) is 13.6. The zero-order valence-corrected chi connectivity index (χ0v) is 17.9. The first-order valence-electron chi connectivity index (χ1n) is 10.8. The van der Waals surface area contributed by atoms with E-state index in [1.165, 1.54) is 48.1 Å². The van der Waals surface area contributed by atoms with Gasteiger partial charge in [0.25, 0.3) is 0 Å². The SMILES string of the molecule is O=C(CSc1ccc2c(c1)CCC2)Nc1ccc(-c2nnc3n2CCCCC3)cc1. The molecule has 0 fully saturated rings. The van der Waals surface area contributed by atoms with Gasteiger partial charge in [-0.05, 0) is 79.6 Å². The first kappa shape index (κ1) is 19.4. The Morgan fingerprint density at radius 1 is 0.933 bits per heavy atom. The molecule has 3 aromatic rings. The maximum absolute atomic E-state index is 12.4. The highest BCUT2D eigenvalue weighted by Gasteiger charge is 2.16. The van der Waals surface area contributed by atoms with Crippen molar-refractivity contribution in [2.45, 2.75) is 56.4 Å². The topological polar surface area (TPSA) is 59.8 Å². The molecule has 1 aromatic heterocycles. The number of hydrogen-bond donors (Lipinski definition) is 1. The quantitative estimate of drug-likeness (QED) is 0.599. The minimum absolute atomic E-state index is 0.0181. The molecule has 0 spiro atoms. The van der Waals surface area contributed by atoms with E-state index >= 15 is 0 Å². The third-order valence-electron chi connectivity index (χ3n) is 5.98. The molecule has 1 amide bonds. The molecule has 2 aromatic carbocycles. The molecule has 1 aliphatic carbocycles. The van der Waals surface area contributed by atoms with Gasteiger partial charge in [-0.15, -0.1) is 22.0 Å². The lowest BCUT2D eigenvalue weighted by molar-refractivity contribution is -0.113. The second-order valence-electron chi connectivity index (χ2n) is 8.10. The van der Waals surface area contributed by atoms with Crippen LogP contribution in [-0.2, 0) is 30.6 Å². The van der Waals surface area contributed by atoms with E-state index in [9.17, 15) is 4.79 Å². The largest absolute Gasteiger partial charge is 0.325 e. The predicted molar refractivity (Wildman–Crippen MR) is 121 cm³/mol. The molecule has 1 aliphatic heterocycles. The summed E-state index contributed by atoms with van der Waals surface area (Å²) in [6.45, 7) is 0.982. The maximum atomic E-state index is 12.4. The van der Waals surface area contributed by atoms with Gasteiger partial charge in [-0.1, -0.05) is 12.5 Å². The van der Waals surface area contributed by atoms with Crippen molar-refractivity contribution in [2.75, 3.05) is 11.1 Å². The lowest BCUT2D eigenvalue weighted by atomic mass is 10.1. The van der Waals surface area contributed by atoms with Crippen LogP contribution in [0.15, 0.2) is 47.4 Å². The molecule has 30 heavy (non-hydrogen) atoms. The van der Waals surface area contributed by atoms with Crippen LogP contribution in [0.1, 0.15) is 42.6 Å². The maximum Gasteiger partial charge on any atom is 0.234 e. The van der Waals surface area contributed by atoms with Gasteiger partial charge in [-0.3, -0.25) is 4.79 Å². The van der Waals surface area contributed by atoms with Crippen molar-refractivity contribution in [3.63, 3.8) is 0 Å². The lowest BCUT2D eigenvalue weighted by Crippen LogP contribution is -2.13. The van der Waals surface area contributed by atoms with E-state index in [0.29, 0.717) is 5.75 Å². The van der Waals surface area contributed by atoms with Crippen molar-refractivity contribution >= 4 is 23.4 Å². The molecular formula is C24H26N4OS. The van der Waals surface area contributed by atoms with Crippen LogP contribution in [0.2, 0.25) is 0 Å². The Hall–Kier alpha value is -2.60. The third kappa shape index (κ3) is 4.15. The van der Waals surface area contributed by atoms with Crippen LogP contribution in [0.25, 0.3) is 11.4 Å². The van der Waals surface area contributed by atoms with Crippen molar-refractivity contribution in [2.24, 2.45) is 0 Å². The molecule has 0 radical (unpaired) electrons. The summed E-state index contributed by atoms with van der Waals surface area (Å²) < 4.78 is 2.24. The van der Waals surface area contributed by atoms with Crippen LogP contribution in [-0.4, -0.2) is 26.4 Å². The fourth-order valence-electron chi connectivity index (χ4n) is 4.39. The van der Waals surface area contributed by atoms with Gasteiger partial charge in [-0.25, -0.2) is 0 Å². The molecule has 6 heteroatoms. The normalized spacial score (nSPS) is 15.3. The van der Waals surface area contributed by atoms with Gasteiger partial charge in [0.15, 0.2) is 5.82 Å². The van der Waals surface area contributed by atoms with Gasteiger partial charge in [0, 0.05) is 29.1 Å². The summed E-state index contributed by atoms with van der Waals surface area (Å²) in [5.41, 5.74) is 4.77. The minimum atomic E-state index is 0.0181. The Balaban J connectivity index is 1.20. The van der Waals surface area contributed by atoms with Gasteiger partial charge in [-0.2, -0.15) is 0 Å². The Kier molecular flexibility index (Phi) is 5.58. The number of rotatable bonds is 5. The number of nitrogens with zero attached hydrogens (tertiary/aromatic N) is 3. The van der Waals surface area contributed by atoms with Crippen molar-refractivity contribution in [1.82, 2.24) is 14.8 Å². The summed E-state index contributed by atoms with van der Waals surface area (Å²) in [6.07, 6.45) is 8.21. The molecule has 1 N–H and O–H groups in total. The van der Waals surface area contributed by atoms with E-state index in [1.807, 2.05) is 24.3 Å². The summed E-state index contributed by atoms with van der Waals surface area (Å²) in [5, 5.41) is 11.8. The molecular weight excluding hydrogens is 392 g/mol. The highest BCUT2D eigenvalue weighted by molar-refractivity contribution is 8.00. The molecule has 0 bridgehead atoms. The molecule has 5 nitrogen and oxygen atoms in total. The van der Waals surface area contributed by atoms with E-state index < -0.39 is 0 Å². The first-order chi connectivity index (χ1) is 14.8. The van der Waals surface area contributed by atoms with Crippen LogP contribution in [0.4, 0.5) is 5.69 Å². The Morgan fingerprint density at radius 2 is 1.80 bits per heavy atom. The van der Waals surface area contributed by atoms with Gasteiger partial charge in [0.05, 0.1) is 5.75 Å². The number of thioether (sulfide) groups is 1. The zero-order chi connectivity index (χ0) is 20.3. The van der Waals surface area contributed by atoms with Crippen LogP contribution in [0.5, 0.6) is 0 Å². The van der Waals surface area contributed by atoms with Crippen LogP contribution in [0, 0.1) is 0 Å². The van der Waals surface area contributed by atoms with Crippen LogP contribution >= 0.6 is 11.8 Å². The Bertz CT molecular complexity index is 1060. The standard InChI is InChI=1S/C24H26N4OS/c29-23(16-30-21-13-10-17-5-4-6-19(17)15-21)25-20-11-8-18(9-12-20)24-27-26-22-7-2-1-3-14-28(22)24/h8-13,15H,1-7,14,16H2,(H,25,29). The number of carbonyl (C=O) groups excluding carboxylic acids is 1. The molecule has 0 saturated carbocycles. The van der Waals surface area contributed by atoms with E-state index in [4.69, 9.17) is 0 Å². The number of fused-ring (bicyclic) bond motifs is 2. The summed E-state index contributed by atoms with van der Waals surface area (Å²) in [6, 6.07) is 14.5. The van der Waals surface area contributed by atoms with Crippen molar-refractivity contribution in [3.05, 3.63) is 59.4 Å². The summed E-state index contributed by atoms with van der Waals surface area (Å²) in [7, 11) is 0. The molecule has 0 atom stereocenters. The monoisotopic (exact) mass is 418 g/mol. The van der Waals surface area contributed by atoms with Gasteiger partial charge in [0.2, 0.25) is 5.91 Å². The molecule has 0 saturated heterocycles. The number of amides is 1.